The second-order valence-electron chi connectivity index (χ2n) is 2.72. The van der Waals surface area contributed by atoms with Crippen LogP contribution in [-0.2, 0) is 0 Å². The van der Waals surface area contributed by atoms with Crippen molar-refractivity contribution >= 4 is 23.3 Å². The third-order valence-electron chi connectivity index (χ3n) is 1.44. The smallest absolute Gasteiger partial charge is 0.252 e. The van der Waals surface area contributed by atoms with Gasteiger partial charge in [0.05, 0.1) is 0 Å². The number of nitrogens with one attached hydrogen (secondary N) is 3. The maximum atomic E-state index is 11.1. The summed E-state index contributed by atoms with van der Waals surface area (Å²) in [5.74, 6) is 0.362. The molecule has 0 radical (unpaired) electrons. The van der Waals surface area contributed by atoms with Crippen LogP contribution < -0.4 is 16.2 Å². The predicted molar refractivity (Wildman–Crippen MR) is 59.5 cm³/mol. The number of aromatic amines is 1. The van der Waals surface area contributed by atoms with Gasteiger partial charge in [0.25, 0.3) is 5.56 Å². The first-order valence-corrected chi connectivity index (χ1v) is 4.65. The molecule has 0 spiro atoms. The van der Waals surface area contributed by atoms with E-state index in [4.69, 9.17) is 12.2 Å². The molecule has 1 aromatic heterocycles. The molecule has 6 heteroatoms. The molecule has 0 saturated carbocycles. The van der Waals surface area contributed by atoms with E-state index in [0.717, 1.165) is 6.54 Å². The van der Waals surface area contributed by atoms with Crippen molar-refractivity contribution in [3.63, 3.8) is 0 Å². The standard InChI is InChI=1S/C8H12N4OS/c1-3-9-8(14)12-7-10-5(2)4-6(13)11-7/h4H,3H2,1-2H3,(H3,9,10,11,12,13,14). The summed E-state index contributed by atoms with van der Waals surface area (Å²) in [4.78, 5) is 17.6. The lowest BCUT2D eigenvalue weighted by Gasteiger charge is -2.07. The molecule has 0 aliphatic rings. The Morgan fingerprint density at radius 2 is 2.43 bits per heavy atom. The second-order valence-corrected chi connectivity index (χ2v) is 3.13. The molecule has 3 N–H and O–H groups in total. The highest BCUT2D eigenvalue weighted by atomic mass is 32.1. The van der Waals surface area contributed by atoms with Crippen LogP contribution in [0.3, 0.4) is 0 Å². The van der Waals surface area contributed by atoms with Crippen LogP contribution in [-0.4, -0.2) is 21.6 Å². The van der Waals surface area contributed by atoms with E-state index in [-0.39, 0.29) is 5.56 Å². The van der Waals surface area contributed by atoms with Gasteiger partial charge in [-0.1, -0.05) is 0 Å². The number of aryl methyl sites for hydroxylation is 1. The van der Waals surface area contributed by atoms with Crippen molar-refractivity contribution in [2.75, 3.05) is 11.9 Å². The molecular formula is C8H12N4OS. The highest BCUT2D eigenvalue weighted by molar-refractivity contribution is 7.80. The lowest BCUT2D eigenvalue weighted by molar-refractivity contribution is 0.972. The SMILES string of the molecule is CCNC(=S)Nc1nc(C)cc(=O)[nH]1. The maximum Gasteiger partial charge on any atom is 0.252 e. The van der Waals surface area contributed by atoms with E-state index in [1.807, 2.05) is 6.92 Å². The molecule has 0 aliphatic carbocycles. The van der Waals surface area contributed by atoms with Gasteiger partial charge < -0.3 is 10.6 Å². The number of thiocarbonyl (C=S) groups is 1. The summed E-state index contributed by atoms with van der Waals surface area (Å²) < 4.78 is 0. The van der Waals surface area contributed by atoms with Gasteiger partial charge in [0.1, 0.15) is 0 Å². The quantitative estimate of drug-likeness (QED) is 0.618. The predicted octanol–water partition coefficient (Wildman–Crippen LogP) is 0.385. The van der Waals surface area contributed by atoms with Crippen molar-refractivity contribution in [2.45, 2.75) is 13.8 Å². The molecule has 0 unspecified atom stereocenters. The number of H-pyrrole nitrogens is 1. The van der Waals surface area contributed by atoms with Gasteiger partial charge in [0.2, 0.25) is 5.95 Å². The van der Waals surface area contributed by atoms with E-state index in [1.165, 1.54) is 6.07 Å². The van der Waals surface area contributed by atoms with Crippen molar-refractivity contribution < 1.29 is 0 Å². The lowest BCUT2D eigenvalue weighted by atomic mass is 10.4. The summed E-state index contributed by atoms with van der Waals surface area (Å²) in [5.41, 5.74) is 0.454. The molecule has 0 atom stereocenters. The van der Waals surface area contributed by atoms with Gasteiger partial charge in [-0.2, -0.15) is 0 Å². The Morgan fingerprint density at radius 3 is 3.00 bits per heavy atom. The Hall–Kier alpha value is -1.43. The molecule has 0 aliphatic heterocycles. The summed E-state index contributed by atoms with van der Waals surface area (Å²) in [6.07, 6.45) is 0. The fourth-order valence-electron chi connectivity index (χ4n) is 0.951. The Morgan fingerprint density at radius 1 is 1.71 bits per heavy atom. The lowest BCUT2D eigenvalue weighted by Crippen LogP contribution is -2.29. The molecule has 0 saturated heterocycles. The zero-order chi connectivity index (χ0) is 10.6. The zero-order valence-electron chi connectivity index (χ0n) is 8.05. The third kappa shape index (κ3) is 3.14. The van der Waals surface area contributed by atoms with Gasteiger partial charge in [-0.25, -0.2) is 4.98 Å². The van der Waals surface area contributed by atoms with Crippen molar-refractivity contribution in [3.8, 4) is 0 Å². The van der Waals surface area contributed by atoms with Gasteiger partial charge in [-0.05, 0) is 26.1 Å². The molecule has 1 rings (SSSR count). The molecule has 76 valence electrons. The molecule has 0 aromatic carbocycles. The van der Waals surface area contributed by atoms with Crippen LogP contribution >= 0.6 is 12.2 Å². The van der Waals surface area contributed by atoms with Crippen LogP contribution in [0.15, 0.2) is 10.9 Å². The summed E-state index contributed by atoms with van der Waals surface area (Å²) in [5, 5.41) is 6.11. The van der Waals surface area contributed by atoms with Crippen LogP contribution in [0.4, 0.5) is 5.95 Å². The Bertz CT molecular complexity index is 387. The monoisotopic (exact) mass is 212 g/mol. The summed E-state index contributed by atoms with van der Waals surface area (Å²) in [6.45, 7) is 4.40. The topological polar surface area (TPSA) is 69.8 Å². The first kappa shape index (κ1) is 10.6. The molecule has 1 heterocycles. The van der Waals surface area contributed by atoms with Gasteiger partial charge in [-0.3, -0.25) is 9.78 Å². The van der Waals surface area contributed by atoms with Crippen LogP contribution in [0, 0.1) is 6.92 Å². The molecular weight excluding hydrogens is 200 g/mol. The van der Waals surface area contributed by atoms with Crippen molar-refractivity contribution in [2.24, 2.45) is 0 Å². The molecule has 1 aromatic rings. The van der Waals surface area contributed by atoms with E-state index in [9.17, 15) is 4.79 Å². The largest absolute Gasteiger partial charge is 0.363 e. The minimum atomic E-state index is -0.195. The number of aromatic nitrogens is 2. The van der Waals surface area contributed by atoms with Crippen LogP contribution in [0.1, 0.15) is 12.6 Å². The minimum Gasteiger partial charge on any atom is -0.363 e. The fraction of sp³-hybridized carbons (Fsp3) is 0.375. The zero-order valence-corrected chi connectivity index (χ0v) is 8.86. The minimum absolute atomic E-state index is 0.195. The highest BCUT2D eigenvalue weighted by Crippen LogP contribution is 1.94. The molecule has 5 nitrogen and oxygen atoms in total. The van der Waals surface area contributed by atoms with Crippen molar-refractivity contribution in [1.82, 2.24) is 15.3 Å². The Labute approximate surface area is 87.0 Å². The summed E-state index contributed by atoms with van der Waals surface area (Å²) >= 11 is 4.94. The molecule has 0 bridgehead atoms. The molecule has 0 fully saturated rings. The van der Waals surface area contributed by atoms with Crippen LogP contribution in [0.25, 0.3) is 0 Å². The van der Waals surface area contributed by atoms with E-state index >= 15 is 0 Å². The van der Waals surface area contributed by atoms with E-state index in [2.05, 4.69) is 20.6 Å². The van der Waals surface area contributed by atoms with Crippen LogP contribution in [0.5, 0.6) is 0 Å². The Kier molecular flexibility index (Phi) is 3.58. The van der Waals surface area contributed by atoms with Crippen LogP contribution in [0.2, 0.25) is 0 Å². The van der Waals surface area contributed by atoms with E-state index in [1.54, 1.807) is 6.92 Å². The van der Waals surface area contributed by atoms with Gasteiger partial charge in [-0.15, -0.1) is 0 Å². The summed E-state index contributed by atoms with van der Waals surface area (Å²) in [6, 6.07) is 1.42. The van der Waals surface area contributed by atoms with Gasteiger partial charge in [0.15, 0.2) is 5.11 Å². The first-order chi connectivity index (χ1) is 6.61. The number of rotatable bonds is 2. The Balaban J connectivity index is 2.76. The number of hydrogen-bond donors (Lipinski definition) is 3. The average molecular weight is 212 g/mol. The first-order valence-electron chi connectivity index (χ1n) is 4.24. The molecule has 14 heavy (non-hydrogen) atoms. The second kappa shape index (κ2) is 4.71. The highest BCUT2D eigenvalue weighted by Gasteiger charge is 1.99. The molecule has 0 amide bonds. The number of hydrogen-bond acceptors (Lipinski definition) is 3. The number of anilines is 1. The van der Waals surface area contributed by atoms with E-state index in [0.29, 0.717) is 16.8 Å². The van der Waals surface area contributed by atoms with Gasteiger partial charge in [0, 0.05) is 18.3 Å². The maximum absolute atomic E-state index is 11.1. The summed E-state index contributed by atoms with van der Waals surface area (Å²) in [7, 11) is 0. The van der Waals surface area contributed by atoms with Gasteiger partial charge >= 0.3 is 0 Å². The third-order valence-corrected chi connectivity index (χ3v) is 1.69. The van der Waals surface area contributed by atoms with E-state index < -0.39 is 0 Å². The average Bonchev–Trinajstić information content (AvgIpc) is 2.01. The number of nitrogens with zero attached hydrogens (tertiary/aromatic N) is 1. The van der Waals surface area contributed by atoms with Crippen molar-refractivity contribution in [1.29, 1.82) is 0 Å². The fourth-order valence-corrected chi connectivity index (χ4v) is 1.19. The normalized spacial score (nSPS) is 9.57. The van der Waals surface area contributed by atoms with Crippen molar-refractivity contribution in [3.05, 3.63) is 22.1 Å².